The van der Waals surface area contributed by atoms with Crippen molar-refractivity contribution in [3.63, 3.8) is 0 Å². The zero-order valence-corrected chi connectivity index (χ0v) is 17.8. The summed E-state index contributed by atoms with van der Waals surface area (Å²) < 4.78 is 20.7. The first-order valence-electron chi connectivity index (χ1n) is 10.5. The number of aryl methyl sites for hydroxylation is 2. The number of hydrogen-bond donors (Lipinski definition) is 1. The fourth-order valence-corrected chi connectivity index (χ4v) is 3.97. The van der Waals surface area contributed by atoms with Crippen LogP contribution in [0.2, 0.25) is 0 Å². The Bertz CT molecular complexity index is 1020. The molecule has 1 fully saturated rings. The average Bonchev–Trinajstić information content (AvgIpc) is 3.13. The van der Waals surface area contributed by atoms with Gasteiger partial charge in [-0.25, -0.2) is 9.07 Å². The molecule has 4 rings (SSSR count). The second kappa shape index (κ2) is 9.41. The topological polar surface area (TPSA) is 59.4 Å². The van der Waals surface area contributed by atoms with Gasteiger partial charge in [-0.1, -0.05) is 12.1 Å². The SMILES string of the molecule is Cc1cc(C)n(-c2ccc(C(=O)NC[C@H](c3ccc(F)cc3)N3CCOCC3)cc2)n1. The van der Waals surface area contributed by atoms with E-state index in [9.17, 15) is 9.18 Å². The molecule has 6 nitrogen and oxygen atoms in total. The Morgan fingerprint density at radius 2 is 1.77 bits per heavy atom. The van der Waals surface area contributed by atoms with Gasteiger partial charge in [-0.2, -0.15) is 5.10 Å². The third-order valence-corrected chi connectivity index (χ3v) is 5.58. The van der Waals surface area contributed by atoms with Crippen LogP contribution in [0, 0.1) is 19.7 Å². The maximum atomic E-state index is 13.4. The molecule has 1 amide bonds. The fraction of sp³-hybridized carbons (Fsp3) is 0.333. The number of aromatic nitrogens is 2. The second-order valence-electron chi connectivity index (χ2n) is 7.81. The van der Waals surface area contributed by atoms with Crippen molar-refractivity contribution in [2.24, 2.45) is 0 Å². The van der Waals surface area contributed by atoms with Gasteiger partial charge in [0.1, 0.15) is 5.82 Å². The van der Waals surface area contributed by atoms with Crippen molar-refractivity contribution in [1.82, 2.24) is 20.0 Å². The fourth-order valence-electron chi connectivity index (χ4n) is 3.97. The van der Waals surface area contributed by atoms with Crippen LogP contribution in [0.4, 0.5) is 4.39 Å². The van der Waals surface area contributed by atoms with Gasteiger partial charge >= 0.3 is 0 Å². The molecule has 1 N–H and O–H groups in total. The molecule has 0 spiro atoms. The smallest absolute Gasteiger partial charge is 0.251 e. The molecule has 1 aromatic heterocycles. The van der Waals surface area contributed by atoms with E-state index in [4.69, 9.17) is 4.74 Å². The first kappa shape index (κ1) is 21.2. The predicted octanol–water partition coefficient (Wildman–Crippen LogP) is 3.43. The summed E-state index contributed by atoms with van der Waals surface area (Å²) in [6.07, 6.45) is 0. The Kier molecular flexibility index (Phi) is 6.44. The maximum absolute atomic E-state index is 13.4. The van der Waals surface area contributed by atoms with Crippen molar-refractivity contribution < 1.29 is 13.9 Å². The molecule has 162 valence electrons. The molecule has 0 unspecified atom stereocenters. The summed E-state index contributed by atoms with van der Waals surface area (Å²) in [4.78, 5) is 15.1. The number of halogens is 1. The van der Waals surface area contributed by atoms with E-state index < -0.39 is 0 Å². The molecule has 0 saturated carbocycles. The summed E-state index contributed by atoms with van der Waals surface area (Å²) in [5, 5.41) is 7.53. The van der Waals surface area contributed by atoms with Crippen LogP contribution in [0.15, 0.2) is 54.6 Å². The molecular weight excluding hydrogens is 395 g/mol. The lowest BCUT2D eigenvalue weighted by molar-refractivity contribution is 0.0162. The van der Waals surface area contributed by atoms with Gasteiger partial charge in [-0.05, 0) is 61.9 Å². The summed E-state index contributed by atoms with van der Waals surface area (Å²) in [7, 11) is 0. The van der Waals surface area contributed by atoms with Crippen molar-refractivity contribution in [2.45, 2.75) is 19.9 Å². The molecule has 0 radical (unpaired) electrons. The Morgan fingerprint density at radius 1 is 1.10 bits per heavy atom. The second-order valence-corrected chi connectivity index (χ2v) is 7.81. The molecule has 7 heteroatoms. The van der Waals surface area contributed by atoms with Crippen molar-refractivity contribution in [2.75, 3.05) is 32.8 Å². The van der Waals surface area contributed by atoms with Crippen molar-refractivity contribution in [3.8, 4) is 5.69 Å². The van der Waals surface area contributed by atoms with Gasteiger partial charge in [0.15, 0.2) is 0 Å². The Labute approximate surface area is 181 Å². The zero-order valence-electron chi connectivity index (χ0n) is 17.8. The summed E-state index contributed by atoms with van der Waals surface area (Å²) in [5.41, 5.74) is 4.48. The number of benzene rings is 2. The van der Waals surface area contributed by atoms with Crippen LogP contribution in [-0.2, 0) is 4.74 Å². The molecule has 0 bridgehead atoms. The molecule has 2 aromatic carbocycles. The minimum absolute atomic E-state index is 0.0394. The normalized spacial score (nSPS) is 15.6. The first-order chi connectivity index (χ1) is 15.0. The highest BCUT2D eigenvalue weighted by molar-refractivity contribution is 5.94. The van der Waals surface area contributed by atoms with Gasteiger partial charge in [-0.15, -0.1) is 0 Å². The lowest BCUT2D eigenvalue weighted by Crippen LogP contribution is -2.43. The lowest BCUT2D eigenvalue weighted by atomic mass is 10.0. The predicted molar refractivity (Wildman–Crippen MR) is 117 cm³/mol. The summed E-state index contributed by atoms with van der Waals surface area (Å²) in [5.74, 6) is -0.406. The van der Waals surface area contributed by atoms with Crippen LogP contribution in [0.25, 0.3) is 5.69 Å². The van der Waals surface area contributed by atoms with E-state index in [1.165, 1.54) is 12.1 Å². The highest BCUT2D eigenvalue weighted by atomic mass is 19.1. The van der Waals surface area contributed by atoms with E-state index in [1.54, 1.807) is 12.1 Å². The number of nitrogens with one attached hydrogen (secondary N) is 1. The number of carbonyl (C=O) groups is 1. The van der Waals surface area contributed by atoms with Crippen LogP contribution in [0.1, 0.15) is 33.4 Å². The zero-order chi connectivity index (χ0) is 21.8. The molecule has 1 saturated heterocycles. The molecule has 2 heterocycles. The molecule has 1 aliphatic rings. The van der Waals surface area contributed by atoms with E-state index in [2.05, 4.69) is 15.3 Å². The van der Waals surface area contributed by atoms with Gasteiger partial charge in [0.05, 0.1) is 30.6 Å². The van der Waals surface area contributed by atoms with Crippen molar-refractivity contribution in [1.29, 1.82) is 0 Å². The Morgan fingerprint density at radius 3 is 2.39 bits per heavy atom. The number of nitrogens with zero attached hydrogens (tertiary/aromatic N) is 3. The van der Waals surface area contributed by atoms with Crippen LogP contribution < -0.4 is 5.32 Å². The summed E-state index contributed by atoms with van der Waals surface area (Å²) >= 11 is 0. The van der Waals surface area contributed by atoms with Gasteiger partial charge in [0.25, 0.3) is 5.91 Å². The molecular formula is C24H27FN4O2. The molecule has 1 aliphatic heterocycles. The van der Waals surface area contributed by atoms with E-state index in [0.29, 0.717) is 25.3 Å². The molecule has 1 atom stereocenters. The van der Waals surface area contributed by atoms with Gasteiger partial charge in [0, 0.05) is 30.9 Å². The van der Waals surface area contributed by atoms with Crippen molar-refractivity contribution in [3.05, 3.63) is 82.9 Å². The number of hydrogen-bond acceptors (Lipinski definition) is 4. The van der Waals surface area contributed by atoms with E-state index in [1.807, 2.05) is 48.9 Å². The Balaban J connectivity index is 1.45. The van der Waals surface area contributed by atoms with Crippen LogP contribution in [-0.4, -0.2) is 53.4 Å². The number of amides is 1. The van der Waals surface area contributed by atoms with E-state index in [-0.39, 0.29) is 17.8 Å². The largest absolute Gasteiger partial charge is 0.379 e. The Hall–Kier alpha value is -3.03. The van der Waals surface area contributed by atoms with Gasteiger partial charge < -0.3 is 10.1 Å². The molecule has 0 aliphatic carbocycles. The highest BCUT2D eigenvalue weighted by Crippen LogP contribution is 2.22. The highest BCUT2D eigenvalue weighted by Gasteiger charge is 2.23. The van der Waals surface area contributed by atoms with Gasteiger partial charge in [0.2, 0.25) is 0 Å². The molecule has 31 heavy (non-hydrogen) atoms. The van der Waals surface area contributed by atoms with Crippen molar-refractivity contribution >= 4 is 5.91 Å². The van der Waals surface area contributed by atoms with Crippen LogP contribution in [0.5, 0.6) is 0 Å². The van der Waals surface area contributed by atoms with Crippen LogP contribution >= 0.6 is 0 Å². The van der Waals surface area contributed by atoms with Crippen LogP contribution in [0.3, 0.4) is 0 Å². The summed E-state index contributed by atoms with van der Waals surface area (Å²) in [6.45, 7) is 7.24. The number of ether oxygens (including phenoxy) is 1. The molecule has 3 aromatic rings. The third-order valence-electron chi connectivity index (χ3n) is 5.58. The monoisotopic (exact) mass is 422 g/mol. The summed E-state index contributed by atoms with van der Waals surface area (Å²) in [6, 6.07) is 15.9. The minimum atomic E-state index is -0.267. The average molecular weight is 423 g/mol. The number of rotatable bonds is 6. The quantitative estimate of drug-likeness (QED) is 0.661. The third kappa shape index (κ3) is 5.00. The lowest BCUT2D eigenvalue weighted by Gasteiger charge is -2.35. The number of morpholine rings is 1. The maximum Gasteiger partial charge on any atom is 0.251 e. The van der Waals surface area contributed by atoms with E-state index in [0.717, 1.165) is 35.7 Å². The van der Waals surface area contributed by atoms with Gasteiger partial charge in [-0.3, -0.25) is 9.69 Å². The standard InChI is InChI=1S/C24H27FN4O2/c1-17-15-18(2)29(27-17)22-9-5-20(6-10-22)24(30)26-16-23(28-11-13-31-14-12-28)19-3-7-21(25)8-4-19/h3-10,15,23H,11-14,16H2,1-2H3,(H,26,30)/t23-/m1/s1. The first-order valence-corrected chi connectivity index (χ1v) is 10.5. The minimum Gasteiger partial charge on any atom is -0.379 e. The number of carbonyl (C=O) groups excluding carboxylic acids is 1. The van der Waals surface area contributed by atoms with E-state index >= 15 is 0 Å².